The van der Waals surface area contributed by atoms with Crippen LogP contribution in [-0.2, 0) is 12.0 Å². The highest BCUT2D eigenvalue weighted by molar-refractivity contribution is 5.46. The lowest BCUT2D eigenvalue weighted by atomic mass is 9.48. The first kappa shape index (κ1) is 20.1. The van der Waals surface area contributed by atoms with Crippen LogP contribution in [0.1, 0.15) is 66.9 Å². The lowest BCUT2D eigenvalue weighted by Gasteiger charge is -2.57. The van der Waals surface area contributed by atoms with Gasteiger partial charge in [0, 0.05) is 5.56 Å². The molecule has 0 aromatic heterocycles. The summed E-state index contributed by atoms with van der Waals surface area (Å²) in [6, 6.07) is 26.9. The van der Waals surface area contributed by atoms with Crippen molar-refractivity contribution in [1.29, 1.82) is 0 Å². The average Bonchev–Trinajstić information content (AvgIpc) is 2.82. The molecule has 3 aromatic carbocycles. The van der Waals surface area contributed by atoms with Crippen molar-refractivity contribution < 1.29 is 9.84 Å². The Labute approximate surface area is 191 Å². The van der Waals surface area contributed by atoms with Gasteiger partial charge in [0.2, 0.25) is 0 Å². The Morgan fingerprint density at radius 2 is 1.34 bits per heavy atom. The molecule has 164 valence electrons. The molecule has 2 nitrogen and oxygen atoms in total. The topological polar surface area (TPSA) is 29.5 Å². The van der Waals surface area contributed by atoms with Crippen molar-refractivity contribution in [1.82, 2.24) is 0 Å². The van der Waals surface area contributed by atoms with E-state index in [2.05, 4.69) is 42.5 Å². The van der Waals surface area contributed by atoms with Gasteiger partial charge < -0.3 is 9.84 Å². The van der Waals surface area contributed by atoms with Crippen LogP contribution in [0.15, 0.2) is 78.9 Å². The van der Waals surface area contributed by atoms with Gasteiger partial charge in [-0.15, -0.1) is 0 Å². The summed E-state index contributed by atoms with van der Waals surface area (Å²) >= 11 is 0. The van der Waals surface area contributed by atoms with E-state index in [4.69, 9.17) is 4.74 Å². The predicted octanol–water partition coefficient (Wildman–Crippen LogP) is 6.82. The molecule has 7 rings (SSSR count). The molecule has 0 amide bonds. The minimum absolute atomic E-state index is 0.261. The molecule has 0 heterocycles. The van der Waals surface area contributed by atoms with Gasteiger partial charge in [0.1, 0.15) is 18.5 Å². The second-order valence-corrected chi connectivity index (χ2v) is 10.5. The monoisotopic (exact) mass is 424 g/mol. The zero-order valence-electron chi connectivity index (χ0n) is 18.6. The molecule has 32 heavy (non-hydrogen) atoms. The number of hydrogen-bond acceptors (Lipinski definition) is 2. The molecule has 1 N–H and O–H groups in total. The minimum Gasteiger partial charge on any atom is -0.489 e. The smallest absolute Gasteiger partial charge is 0.123 e. The molecule has 4 aliphatic rings. The van der Waals surface area contributed by atoms with E-state index >= 15 is 0 Å². The fourth-order valence-electron chi connectivity index (χ4n) is 7.27. The van der Waals surface area contributed by atoms with Gasteiger partial charge in [-0.1, -0.05) is 72.8 Å². The Morgan fingerprint density at radius 1 is 0.750 bits per heavy atom. The molecule has 4 fully saturated rings. The summed E-state index contributed by atoms with van der Waals surface area (Å²) in [5.74, 6) is 3.64. The van der Waals surface area contributed by atoms with Crippen molar-refractivity contribution in [2.45, 2.75) is 56.7 Å². The SMILES string of the molecule is OC(c1ccccc1)c1ccc(C23CC4CC(CC(C4)C2)C3)c(OCc2ccccc2)c1. The van der Waals surface area contributed by atoms with Gasteiger partial charge in [-0.25, -0.2) is 0 Å². The number of ether oxygens (including phenoxy) is 1. The lowest BCUT2D eigenvalue weighted by Crippen LogP contribution is -2.48. The van der Waals surface area contributed by atoms with Gasteiger partial charge in [0.15, 0.2) is 0 Å². The first-order chi connectivity index (χ1) is 15.7. The van der Waals surface area contributed by atoms with E-state index in [0.29, 0.717) is 6.61 Å². The molecule has 0 spiro atoms. The number of benzene rings is 3. The largest absolute Gasteiger partial charge is 0.489 e. The highest BCUT2D eigenvalue weighted by atomic mass is 16.5. The Hall–Kier alpha value is -2.58. The van der Waals surface area contributed by atoms with Gasteiger partial charge in [0.25, 0.3) is 0 Å². The third-order valence-corrected chi connectivity index (χ3v) is 8.28. The van der Waals surface area contributed by atoms with Crippen LogP contribution in [0.2, 0.25) is 0 Å². The molecule has 3 aromatic rings. The highest BCUT2D eigenvalue weighted by Gasteiger charge is 2.52. The first-order valence-corrected chi connectivity index (χ1v) is 12.2. The third kappa shape index (κ3) is 3.65. The summed E-state index contributed by atoms with van der Waals surface area (Å²) in [6.07, 6.45) is 7.59. The molecule has 4 saturated carbocycles. The van der Waals surface area contributed by atoms with Crippen LogP contribution in [0.3, 0.4) is 0 Å². The maximum atomic E-state index is 11.1. The van der Waals surface area contributed by atoms with Crippen LogP contribution >= 0.6 is 0 Å². The van der Waals surface area contributed by atoms with Crippen LogP contribution in [0, 0.1) is 17.8 Å². The number of rotatable bonds is 6. The van der Waals surface area contributed by atoms with E-state index in [-0.39, 0.29) is 5.41 Å². The third-order valence-electron chi connectivity index (χ3n) is 8.28. The molecule has 1 unspecified atom stereocenters. The zero-order valence-corrected chi connectivity index (χ0v) is 18.6. The van der Waals surface area contributed by atoms with Crippen molar-refractivity contribution in [2.75, 3.05) is 0 Å². The highest BCUT2D eigenvalue weighted by Crippen LogP contribution is 2.62. The van der Waals surface area contributed by atoms with Gasteiger partial charge >= 0.3 is 0 Å². The molecule has 4 aliphatic carbocycles. The van der Waals surface area contributed by atoms with Crippen LogP contribution in [0.5, 0.6) is 5.75 Å². The summed E-state index contributed by atoms with van der Waals surface area (Å²) in [5, 5.41) is 11.1. The second kappa shape index (κ2) is 8.08. The van der Waals surface area contributed by atoms with E-state index in [9.17, 15) is 5.11 Å². The number of aliphatic hydroxyl groups excluding tert-OH is 1. The second-order valence-electron chi connectivity index (χ2n) is 10.5. The standard InChI is InChI=1S/C30H32O2/c31-29(25-9-5-2-6-10-25)26-11-12-27(28(16-26)32-20-21-7-3-1-4-8-21)30-17-22-13-23(18-30)15-24(14-22)19-30/h1-12,16,22-24,29,31H,13-15,17-20H2. The fraction of sp³-hybridized carbons (Fsp3) is 0.400. The van der Waals surface area contributed by atoms with Gasteiger partial charge in [-0.3, -0.25) is 0 Å². The van der Waals surface area contributed by atoms with E-state index in [1.807, 2.05) is 36.4 Å². The average molecular weight is 425 g/mol. The maximum Gasteiger partial charge on any atom is 0.123 e. The normalized spacial score (nSPS) is 29.1. The van der Waals surface area contributed by atoms with Crippen molar-refractivity contribution in [2.24, 2.45) is 17.8 Å². The summed E-state index contributed by atoms with van der Waals surface area (Å²) < 4.78 is 6.53. The predicted molar refractivity (Wildman–Crippen MR) is 128 cm³/mol. The molecular formula is C30H32O2. The zero-order chi connectivity index (χ0) is 21.5. The Morgan fingerprint density at radius 3 is 1.97 bits per heavy atom. The summed E-state index contributed by atoms with van der Waals surface area (Å²) in [4.78, 5) is 0. The Kier molecular flexibility index (Phi) is 5.07. The quantitative estimate of drug-likeness (QED) is 0.471. The first-order valence-electron chi connectivity index (χ1n) is 12.2. The van der Waals surface area contributed by atoms with Gasteiger partial charge in [-0.05, 0) is 84.5 Å². The molecule has 0 radical (unpaired) electrons. The minimum atomic E-state index is -0.638. The van der Waals surface area contributed by atoms with Gasteiger partial charge in [-0.2, -0.15) is 0 Å². The van der Waals surface area contributed by atoms with Crippen LogP contribution in [0.4, 0.5) is 0 Å². The molecular weight excluding hydrogens is 392 g/mol. The van der Waals surface area contributed by atoms with E-state index < -0.39 is 6.10 Å². The Balaban J connectivity index is 1.37. The van der Waals surface area contributed by atoms with E-state index in [1.165, 1.54) is 49.7 Å². The Bertz CT molecular complexity index is 1040. The van der Waals surface area contributed by atoms with E-state index in [1.54, 1.807) is 0 Å². The molecule has 2 heteroatoms. The van der Waals surface area contributed by atoms with Crippen LogP contribution in [-0.4, -0.2) is 5.11 Å². The number of aliphatic hydroxyl groups is 1. The van der Waals surface area contributed by atoms with Crippen molar-refractivity contribution in [3.63, 3.8) is 0 Å². The fourth-order valence-corrected chi connectivity index (χ4v) is 7.27. The molecule has 0 saturated heterocycles. The van der Waals surface area contributed by atoms with Crippen molar-refractivity contribution >= 4 is 0 Å². The molecule has 0 aliphatic heterocycles. The van der Waals surface area contributed by atoms with Crippen LogP contribution in [0.25, 0.3) is 0 Å². The summed E-state index contributed by atoms with van der Waals surface area (Å²) in [5.41, 5.74) is 4.66. The van der Waals surface area contributed by atoms with Crippen molar-refractivity contribution in [3.8, 4) is 5.75 Å². The van der Waals surface area contributed by atoms with Gasteiger partial charge in [0.05, 0.1) is 0 Å². The maximum absolute atomic E-state index is 11.1. The molecule has 4 bridgehead atoms. The summed E-state index contributed by atoms with van der Waals surface area (Å²) in [7, 11) is 0. The number of hydrogen-bond donors (Lipinski definition) is 1. The van der Waals surface area contributed by atoms with E-state index in [0.717, 1.165) is 34.6 Å². The summed E-state index contributed by atoms with van der Waals surface area (Å²) in [6.45, 7) is 0.561. The van der Waals surface area contributed by atoms with Crippen LogP contribution < -0.4 is 4.74 Å². The van der Waals surface area contributed by atoms with Crippen molar-refractivity contribution in [3.05, 3.63) is 101 Å². The molecule has 1 atom stereocenters. The lowest BCUT2D eigenvalue weighted by molar-refractivity contribution is -0.00650.